The van der Waals surface area contributed by atoms with Gasteiger partial charge in [-0.1, -0.05) is 0 Å². The summed E-state index contributed by atoms with van der Waals surface area (Å²) in [5.41, 5.74) is 1.67. The first-order valence-corrected chi connectivity index (χ1v) is 8.37. The number of aryl methyl sites for hydroxylation is 1. The molecule has 0 amide bonds. The van der Waals surface area contributed by atoms with Gasteiger partial charge >= 0.3 is 6.01 Å². The molecule has 1 spiro atoms. The SMILES string of the molecule is Cc1ccc2nc(NC3=NC[C@@]4(C[N+]5(O)CCC4CC5)O3)oc2n1. The molecule has 3 saturated heterocycles. The minimum atomic E-state index is -0.394. The number of ether oxygens (including phenoxy) is 1. The maximum atomic E-state index is 10.6. The lowest BCUT2D eigenvalue weighted by Crippen LogP contribution is -2.69. The Kier molecular flexibility index (Phi) is 2.76. The first kappa shape index (κ1) is 14.2. The van der Waals surface area contributed by atoms with Crippen molar-refractivity contribution in [2.24, 2.45) is 10.9 Å². The highest BCUT2D eigenvalue weighted by molar-refractivity contribution is 5.89. The third-order valence-electron chi connectivity index (χ3n) is 5.49. The maximum absolute atomic E-state index is 10.6. The summed E-state index contributed by atoms with van der Waals surface area (Å²) in [5.74, 6) is 0.445. The van der Waals surface area contributed by atoms with E-state index in [2.05, 4.69) is 20.3 Å². The Labute approximate surface area is 138 Å². The van der Waals surface area contributed by atoms with Crippen molar-refractivity contribution in [2.45, 2.75) is 25.4 Å². The van der Waals surface area contributed by atoms with E-state index in [1.807, 2.05) is 19.1 Å². The lowest BCUT2D eigenvalue weighted by molar-refractivity contribution is -1.12. The number of nitrogens with one attached hydrogen (secondary N) is 1. The minimum absolute atomic E-state index is 0.103. The second kappa shape index (κ2) is 4.67. The smallest absolute Gasteiger partial charge is 0.305 e. The molecule has 8 heteroatoms. The van der Waals surface area contributed by atoms with Gasteiger partial charge < -0.3 is 9.15 Å². The summed E-state index contributed by atoms with van der Waals surface area (Å²) in [5, 5.41) is 13.6. The number of rotatable bonds is 1. The van der Waals surface area contributed by atoms with E-state index in [4.69, 9.17) is 9.15 Å². The Balaban J connectivity index is 1.35. The predicted octanol–water partition coefficient (Wildman–Crippen LogP) is 1.70. The third kappa shape index (κ3) is 2.10. The zero-order chi connectivity index (χ0) is 16.4. The maximum Gasteiger partial charge on any atom is 0.305 e. The van der Waals surface area contributed by atoms with Crippen LogP contribution in [0.2, 0.25) is 0 Å². The summed E-state index contributed by atoms with van der Waals surface area (Å²) in [6.45, 7) is 4.70. The number of quaternary nitrogens is 1. The standard InChI is InChI=1S/C16H20N5O3/c1-10-2-3-12-13(18-10)23-15(19-12)20-14-17-8-16(24-14)9-21(22)6-4-11(16)5-7-21/h2-3,11,22H,4-9H2,1H3,(H,17,19,20)/q+1/t11?,16-,21?/m0/s1. The highest BCUT2D eigenvalue weighted by Crippen LogP contribution is 2.43. The van der Waals surface area contributed by atoms with Crippen LogP contribution < -0.4 is 5.32 Å². The highest BCUT2D eigenvalue weighted by Gasteiger charge is 2.59. The normalized spacial score (nSPS) is 34.6. The van der Waals surface area contributed by atoms with Gasteiger partial charge in [0.15, 0.2) is 12.1 Å². The van der Waals surface area contributed by atoms with Gasteiger partial charge in [-0.25, -0.2) is 15.2 Å². The van der Waals surface area contributed by atoms with E-state index in [1.165, 1.54) is 0 Å². The largest absolute Gasteiger partial charge is 0.450 e. The van der Waals surface area contributed by atoms with Crippen LogP contribution in [-0.4, -0.2) is 57.6 Å². The topological polar surface area (TPSA) is 92.8 Å². The first-order chi connectivity index (χ1) is 11.5. The molecule has 0 aromatic carbocycles. The van der Waals surface area contributed by atoms with E-state index >= 15 is 0 Å². The van der Waals surface area contributed by atoms with Crippen molar-refractivity contribution < 1.29 is 19.0 Å². The predicted molar refractivity (Wildman–Crippen MR) is 85.7 cm³/mol. The molecule has 4 aliphatic rings. The second-order valence-corrected chi connectivity index (χ2v) is 7.18. The fraction of sp³-hybridized carbons (Fsp3) is 0.562. The van der Waals surface area contributed by atoms with Crippen LogP contribution in [0.1, 0.15) is 18.5 Å². The van der Waals surface area contributed by atoms with E-state index < -0.39 is 5.60 Å². The zero-order valence-electron chi connectivity index (χ0n) is 13.5. The van der Waals surface area contributed by atoms with Gasteiger partial charge in [0.05, 0.1) is 6.54 Å². The lowest BCUT2D eigenvalue weighted by Gasteiger charge is -2.51. The van der Waals surface area contributed by atoms with Crippen molar-refractivity contribution in [3.63, 3.8) is 0 Å². The number of piperidine rings is 3. The van der Waals surface area contributed by atoms with E-state index in [1.54, 1.807) is 0 Å². The quantitative estimate of drug-likeness (QED) is 0.773. The molecule has 0 saturated carbocycles. The van der Waals surface area contributed by atoms with Crippen LogP contribution in [0, 0.1) is 12.8 Å². The number of hydrogen-bond acceptors (Lipinski definition) is 7. The molecule has 0 unspecified atom stereocenters. The van der Waals surface area contributed by atoms with Crippen molar-refractivity contribution in [1.29, 1.82) is 0 Å². The zero-order valence-corrected chi connectivity index (χ0v) is 13.5. The number of aromatic nitrogens is 2. The van der Waals surface area contributed by atoms with Crippen molar-refractivity contribution in [3.05, 3.63) is 17.8 Å². The first-order valence-electron chi connectivity index (χ1n) is 8.37. The summed E-state index contributed by atoms with van der Waals surface area (Å²) in [7, 11) is 0. The average Bonchev–Trinajstić information content (AvgIpc) is 3.11. The Morgan fingerprint density at radius 3 is 2.92 bits per heavy atom. The molecule has 6 rings (SSSR count). The molecular weight excluding hydrogens is 310 g/mol. The van der Waals surface area contributed by atoms with Gasteiger partial charge in [0.25, 0.3) is 6.02 Å². The number of hydrogen-bond donors (Lipinski definition) is 2. The van der Waals surface area contributed by atoms with Crippen LogP contribution in [0.4, 0.5) is 6.01 Å². The van der Waals surface area contributed by atoms with Gasteiger partial charge in [-0.05, 0) is 19.1 Å². The number of oxazole rings is 1. The van der Waals surface area contributed by atoms with Gasteiger partial charge in [0, 0.05) is 24.5 Å². The van der Waals surface area contributed by atoms with Crippen LogP contribution in [0.15, 0.2) is 21.5 Å². The molecule has 2 N–H and O–H groups in total. The molecule has 24 heavy (non-hydrogen) atoms. The number of hydroxylamine groups is 3. The molecule has 4 aliphatic heterocycles. The number of pyridine rings is 1. The van der Waals surface area contributed by atoms with Gasteiger partial charge in [0.1, 0.15) is 18.6 Å². The van der Waals surface area contributed by atoms with Crippen LogP contribution in [0.25, 0.3) is 11.2 Å². The van der Waals surface area contributed by atoms with Crippen LogP contribution in [0.5, 0.6) is 0 Å². The molecule has 126 valence electrons. The number of nitrogens with zero attached hydrogens (tertiary/aromatic N) is 4. The molecule has 2 bridgehead atoms. The third-order valence-corrected chi connectivity index (χ3v) is 5.49. The summed E-state index contributed by atoms with van der Waals surface area (Å²) < 4.78 is 11.9. The van der Waals surface area contributed by atoms with Crippen molar-refractivity contribution >= 4 is 23.3 Å². The molecule has 0 radical (unpaired) electrons. The Hall–Kier alpha value is -2.19. The summed E-state index contributed by atoms with van der Waals surface area (Å²) in [6, 6.07) is 4.51. The van der Waals surface area contributed by atoms with E-state index in [0.29, 0.717) is 42.3 Å². The number of amidine groups is 1. The fourth-order valence-electron chi connectivity index (χ4n) is 4.24. The van der Waals surface area contributed by atoms with E-state index in [9.17, 15) is 5.21 Å². The van der Waals surface area contributed by atoms with Gasteiger partial charge in [-0.15, -0.1) is 0 Å². The van der Waals surface area contributed by atoms with Crippen molar-refractivity contribution in [1.82, 2.24) is 9.97 Å². The second-order valence-electron chi connectivity index (χ2n) is 7.18. The number of anilines is 1. The van der Waals surface area contributed by atoms with Crippen LogP contribution in [0.3, 0.4) is 0 Å². The van der Waals surface area contributed by atoms with Crippen molar-refractivity contribution in [2.75, 3.05) is 31.5 Å². The van der Waals surface area contributed by atoms with E-state index in [-0.39, 0.29) is 4.65 Å². The van der Waals surface area contributed by atoms with Crippen LogP contribution >= 0.6 is 0 Å². The molecule has 8 nitrogen and oxygen atoms in total. The molecule has 1 atom stereocenters. The molecular formula is C16H20N5O3+. The molecule has 2 aromatic heterocycles. The highest BCUT2D eigenvalue weighted by atomic mass is 16.6. The summed E-state index contributed by atoms with van der Waals surface area (Å²) in [6.07, 6.45) is 1.96. The molecule has 0 aliphatic carbocycles. The Morgan fingerprint density at radius 2 is 2.12 bits per heavy atom. The molecule has 2 aromatic rings. The van der Waals surface area contributed by atoms with Crippen molar-refractivity contribution in [3.8, 4) is 0 Å². The van der Waals surface area contributed by atoms with Gasteiger partial charge in [-0.3, -0.25) is 5.32 Å². The minimum Gasteiger partial charge on any atom is -0.450 e. The van der Waals surface area contributed by atoms with Gasteiger partial charge in [-0.2, -0.15) is 9.63 Å². The van der Waals surface area contributed by atoms with Crippen LogP contribution in [-0.2, 0) is 4.74 Å². The lowest BCUT2D eigenvalue weighted by atomic mass is 9.75. The molecule has 3 fully saturated rings. The monoisotopic (exact) mass is 330 g/mol. The number of aliphatic imine (C=N–C) groups is 1. The fourth-order valence-corrected chi connectivity index (χ4v) is 4.24. The molecule has 6 heterocycles. The van der Waals surface area contributed by atoms with Gasteiger partial charge in [0.2, 0.25) is 5.71 Å². The Bertz CT molecular complexity index is 839. The summed E-state index contributed by atoms with van der Waals surface area (Å²) in [4.78, 5) is 13.2. The number of fused-ring (bicyclic) bond motifs is 3. The average molecular weight is 330 g/mol. The Morgan fingerprint density at radius 1 is 1.29 bits per heavy atom. The van der Waals surface area contributed by atoms with E-state index in [0.717, 1.165) is 31.6 Å². The summed E-state index contributed by atoms with van der Waals surface area (Å²) >= 11 is 0.